The van der Waals surface area contributed by atoms with Gasteiger partial charge in [-0.25, -0.2) is 9.59 Å². The number of allylic oxidation sites excluding steroid dienone is 2. The summed E-state index contributed by atoms with van der Waals surface area (Å²) in [5, 5.41) is 14.4. The molecule has 0 radical (unpaired) electrons. The lowest BCUT2D eigenvalue weighted by Gasteiger charge is -2.31. The highest BCUT2D eigenvalue weighted by Crippen LogP contribution is 2.40. The van der Waals surface area contributed by atoms with Crippen molar-refractivity contribution in [2.45, 2.75) is 39.7 Å². The molecular weight excluding hydrogens is 541 g/mol. The van der Waals surface area contributed by atoms with Gasteiger partial charge in [0.1, 0.15) is 13.2 Å². The molecule has 0 spiro atoms. The zero-order valence-corrected chi connectivity index (χ0v) is 22.3. The molecule has 0 saturated carbocycles. The van der Waals surface area contributed by atoms with Gasteiger partial charge in [0.25, 0.3) is 5.69 Å². The van der Waals surface area contributed by atoms with Gasteiger partial charge in [-0.1, -0.05) is 12.1 Å². The number of nitrogens with one attached hydrogen (secondary N) is 1. The number of hydrogen-bond acceptors (Lipinski definition) is 7. The number of halogens is 1. The largest absolute Gasteiger partial charge is 1.00 e. The lowest BCUT2D eigenvalue weighted by Crippen LogP contribution is -3.00. The summed E-state index contributed by atoms with van der Waals surface area (Å²) in [6.45, 7) is 7.68. The highest BCUT2D eigenvalue weighted by Gasteiger charge is 2.38. The molecule has 1 heterocycles. The molecule has 33 heavy (non-hydrogen) atoms. The SMILES string of the molecule is CC1=C(C(=O)OCC[N+](C)(C)C)C(c2cccc([N+](=O)[O-])c2)C(C(=O)OC(C)C)=C(C)N1.[I-]. The van der Waals surface area contributed by atoms with Crippen LogP contribution in [0.15, 0.2) is 46.8 Å². The van der Waals surface area contributed by atoms with Crippen molar-refractivity contribution in [2.75, 3.05) is 34.3 Å². The Morgan fingerprint density at radius 1 is 1.12 bits per heavy atom. The van der Waals surface area contributed by atoms with Gasteiger partial charge >= 0.3 is 11.9 Å². The van der Waals surface area contributed by atoms with E-state index in [1.807, 2.05) is 21.1 Å². The summed E-state index contributed by atoms with van der Waals surface area (Å²) in [4.78, 5) is 37.0. The fraction of sp³-hybridized carbons (Fsp3) is 0.478. The molecule has 10 heteroatoms. The monoisotopic (exact) mass is 573 g/mol. The summed E-state index contributed by atoms with van der Waals surface area (Å²) in [5.41, 5.74) is 1.80. The summed E-state index contributed by atoms with van der Waals surface area (Å²) in [7, 11) is 5.95. The van der Waals surface area contributed by atoms with Crippen LogP contribution in [0.4, 0.5) is 5.69 Å². The maximum atomic E-state index is 13.2. The maximum Gasteiger partial charge on any atom is 0.337 e. The van der Waals surface area contributed by atoms with Crippen molar-refractivity contribution in [1.29, 1.82) is 0 Å². The fourth-order valence-electron chi connectivity index (χ4n) is 3.45. The van der Waals surface area contributed by atoms with Crippen molar-refractivity contribution in [3.8, 4) is 0 Å². The average molecular weight is 573 g/mol. The second-order valence-corrected chi connectivity index (χ2v) is 9.09. The van der Waals surface area contributed by atoms with Crippen LogP contribution in [0.2, 0.25) is 0 Å². The number of carbonyl (C=O) groups excluding carboxylic acids is 2. The molecular formula is C23H32IN3O6. The van der Waals surface area contributed by atoms with E-state index in [0.29, 0.717) is 28.0 Å². The minimum atomic E-state index is -0.862. The average Bonchev–Trinajstić information content (AvgIpc) is 2.65. The molecule has 0 fully saturated rings. The van der Waals surface area contributed by atoms with E-state index in [2.05, 4.69) is 5.32 Å². The number of non-ortho nitro benzene ring substituents is 1. The Hall–Kier alpha value is -2.47. The van der Waals surface area contributed by atoms with E-state index in [1.54, 1.807) is 33.8 Å². The van der Waals surface area contributed by atoms with Gasteiger partial charge in [-0.3, -0.25) is 10.1 Å². The number of ether oxygens (including phenoxy) is 2. The number of dihydropyridines is 1. The molecule has 1 aliphatic rings. The van der Waals surface area contributed by atoms with Crippen molar-refractivity contribution in [2.24, 2.45) is 0 Å². The topological polar surface area (TPSA) is 108 Å². The molecule has 1 aromatic carbocycles. The zero-order chi connectivity index (χ0) is 24.2. The summed E-state index contributed by atoms with van der Waals surface area (Å²) in [6.07, 6.45) is -0.375. The molecule has 182 valence electrons. The Morgan fingerprint density at radius 2 is 1.70 bits per heavy atom. The number of nitro benzene ring substituents is 1. The number of nitro groups is 1. The van der Waals surface area contributed by atoms with E-state index < -0.39 is 22.8 Å². The van der Waals surface area contributed by atoms with Crippen LogP contribution < -0.4 is 29.3 Å². The van der Waals surface area contributed by atoms with E-state index in [-0.39, 0.29) is 53.5 Å². The van der Waals surface area contributed by atoms with Crippen LogP contribution in [0.5, 0.6) is 0 Å². The van der Waals surface area contributed by atoms with Crippen molar-refractivity contribution in [3.63, 3.8) is 0 Å². The third kappa shape index (κ3) is 7.53. The van der Waals surface area contributed by atoms with Crippen LogP contribution in [0.25, 0.3) is 0 Å². The molecule has 1 aromatic rings. The molecule has 0 saturated heterocycles. The summed E-state index contributed by atoms with van der Waals surface area (Å²) in [6, 6.07) is 5.93. The van der Waals surface area contributed by atoms with Crippen LogP contribution in [0, 0.1) is 10.1 Å². The van der Waals surface area contributed by atoms with Crippen LogP contribution in [0.3, 0.4) is 0 Å². The van der Waals surface area contributed by atoms with Gasteiger partial charge in [0.2, 0.25) is 0 Å². The lowest BCUT2D eigenvalue weighted by atomic mass is 9.80. The van der Waals surface area contributed by atoms with E-state index >= 15 is 0 Å². The van der Waals surface area contributed by atoms with Crippen LogP contribution in [-0.4, -0.2) is 61.7 Å². The zero-order valence-electron chi connectivity index (χ0n) is 20.1. The minimum Gasteiger partial charge on any atom is -1.00 e. The van der Waals surface area contributed by atoms with E-state index in [0.717, 1.165) is 0 Å². The molecule has 9 nitrogen and oxygen atoms in total. The third-order valence-corrected chi connectivity index (χ3v) is 4.95. The molecule has 1 unspecified atom stereocenters. The molecule has 0 aliphatic carbocycles. The Morgan fingerprint density at radius 3 is 2.21 bits per heavy atom. The summed E-state index contributed by atoms with van der Waals surface area (Å²) in [5.74, 6) is -2.04. The van der Waals surface area contributed by atoms with E-state index in [4.69, 9.17) is 9.47 Å². The number of carbonyl (C=O) groups is 2. The van der Waals surface area contributed by atoms with Crippen LogP contribution in [0.1, 0.15) is 39.2 Å². The third-order valence-electron chi connectivity index (χ3n) is 4.95. The standard InChI is InChI=1S/C23H31N3O6.HI/c1-14(2)32-23(28)20-16(4)24-15(3)19(22(27)31-12-11-26(5,6)7)21(20)17-9-8-10-18(13-17)25(29)30;/h8-10,13-14,21H,11-12H2,1-7H3;1H. The fourth-order valence-corrected chi connectivity index (χ4v) is 3.45. The van der Waals surface area contributed by atoms with Crippen LogP contribution >= 0.6 is 0 Å². The van der Waals surface area contributed by atoms with Crippen LogP contribution in [-0.2, 0) is 19.1 Å². The Balaban J connectivity index is 0.00000544. The first-order valence-corrected chi connectivity index (χ1v) is 10.4. The minimum absolute atomic E-state index is 0. The first kappa shape index (κ1) is 28.6. The highest BCUT2D eigenvalue weighted by atomic mass is 127. The number of benzene rings is 1. The number of hydrogen-bond donors (Lipinski definition) is 1. The highest BCUT2D eigenvalue weighted by molar-refractivity contribution is 6.00. The van der Waals surface area contributed by atoms with E-state index in [1.165, 1.54) is 18.2 Å². The second-order valence-electron chi connectivity index (χ2n) is 9.09. The second kappa shape index (κ2) is 11.6. The quantitative estimate of drug-likeness (QED) is 0.154. The van der Waals surface area contributed by atoms with Gasteiger partial charge in [-0.2, -0.15) is 0 Å². The van der Waals surface area contributed by atoms with Gasteiger partial charge in [-0.15, -0.1) is 0 Å². The number of quaternary nitrogens is 1. The van der Waals surface area contributed by atoms with Gasteiger partial charge in [0, 0.05) is 23.5 Å². The molecule has 1 aliphatic heterocycles. The molecule has 1 atom stereocenters. The first-order chi connectivity index (χ1) is 14.8. The van der Waals surface area contributed by atoms with Crippen molar-refractivity contribution in [3.05, 3.63) is 62.5 Å². The molecule has 2 rings (SSSR count). The summed E-state index contributed by atoms with van der Waals surface area (Å²) < 4.78 is 11.6. The normalized spacial score (nSPS) is 16.2. The van der Waals surface area contributed by atoms with Gasteiger partial charge in [-0.05, 0) is 33.3 Å². The number of rotatable bonds is 8. The van der Waals surface area contributed by atoms with Gasteiger partial charge < -0.3 is 43.3 Å². The first-order valence-electron chi connectivity index (χ1n) is 10.4. The lowest BCUT2D eigenvalue weighted by molar-refractivity contribution is -0.870. The van der Waals surface area contributed by atoms with Crippen molar-refractivity contribution < 1.29 is 52.4 Å². The van der Waals surface area contributed by atoms with Crippen molar-refractivity contribution in [1.82, 2.24) is 5.32 Å². The van der Waals surface area contributed by atoms with E-state index in [9.17, 15) is 19.7 Å². The van der Waals surface area contributed by atoms with Gasteiger partial charge in [0.15, 0.2) is 0 Å². The maximum absolute atomic E-state index is 13.2. The molecule has 0 amide bonds. The van der Waals surface area contributed by atoms with Crippen molar-refractivity contribution >= 4 is 17.6 Å². The Bertz CT molecular complexity index is 979. The smallest absolute Gasteiger partial charge is 0.337 e. The molecule has 0 aromatic heterocycles. The predicted octanol–water partition coefficient (Wildman–Crippen LogP) is 0.0346. The molecule has 0 bridgehead atoms. The predicted molar refractivity (Wildman–Crippen MR) is 119 cm³/mol. The number of nitrogens with zero attached hydrogens (tertiary/aromatic N) is 2. The number of likely N-dealkylation sites (N-methyl/N-ethyl adjacent to an activating group) is 1. The molecule has 1 N–H and O–H groups in total. The summed E-state index contributed by atoms with van der Waals surface area (Å²) >= 11 is 0. The van der Waals surface area contributed by atoms with Gasteiger partial charge in [0.05, 0.1) is 49.2 Å². The Labute approximate surface area is 211 Å². The Kier molecular flexibility index (Phi) is 10.0. The number of esters is 2.